The number of hydrogen-bond donors (Lipinski definition) is 2. The van der Waals surface area contributed by atoms with E-state index in [1.165, 1.54) is 12.1 Å². The molecular weight excluding hydrogens is 387 g/mol. The van der Waals surface area contributed by atoms with Crippen molar-refractivity contribution in [2.24, 2.45) is 0 Å². The van der Waals surface area contributed by atoms with Gasteiger partial charge < -0.3 is 19.5 Å². The number of rotatable bonds is 7. The normalized spacial score (nSPS) is 11.1. The fourth-order valence-electron chi connectivity index (χ4n) is 3.08. The molecule has 4 rings (SSSR count). The SMILES string of the molecule is OCC(CO)n1c(-c2ccnc(Oc3ccccc3)n2)cnc1-c1ccc(F)cc1. The monoisotopic (exact) mass is 406 g/mol. The zero-order chi connectivity index (χ0) is 20.9. The van der Waals surface area contributed by atoms with Crippen LogP contribution < -0.4 is 4.74 Å². The first kappa shape index (κ1) is 19.7. The number of hydrogen-bond acceptors (Lipinski definition) is 6. The Hall–Kier alpha value is -3.62. The summed E-state index contributed by atoms with van der Waals surface area (Å²) in [7, 11) is 0. The van der Waals surface area contributed by atoms with E-state index in [1.54, 1.807) is 47.3 Å². The van der Waals surface area contributed by atoms with E-state index in [2.05, 4.69) is 15.0 Å². The maximum absolute atomic E-state index is 13.3. The number of ether oxygens (including phenoxy) is 1. The van der Waals surface area contributed by atoms with Crippen molar-refractivity contribution in [2.75, 3.05) is 13.2 Å². The van der Waals surface area contributed by atoms with Crippen molar-refractivity contribution in [1.82, 2.24) is 19.5 Å². The van der Waals surface area contributed by atoms with Gasteiger partial charge in [-0.25, -0.2) is 14.4 Å². The third-order valence-corrected chi connectivity index (χ3v) is 4.53. The molecule has 0 radical (unpaired) electrons. The maximum atomic E-state index is 13.3. The summed E-state index contributed by atoms with van der Waals surface area (Å²) in [4.78, 5) is 13.0. The molecule has 2 heterocycles. The first-order valence-corrected chi connectivity index (χ1v) is 9.31. The second kappa shape index (κ2) is 8.81. The molecule has 0 aliphatic carbocycles. The molecule has 0 fully saturated rings. The first-order valence-electron chi connectivity index (χ1n) is 9.31. The minimum atomic E-state index is -0.656. The van der Waals surface area contributed by atoms with E-state index < -0.39 is 6.04 Å². The van der Waals surface area contributed by atoms with Gasteiger partial charge in [-0.1, -0.05) is 18.2 Å². The highest BCUT2D eigenvalue weighted by Crippen LogP contribution is 2.30. The Morgan fingerprint density at radius 3 is 2.37 bits per heavy atom. The maximum Gasteiger partial charge on any atom is 0.322 e. The summed E-state index contributed by atoms with van der Waals surface area (Å²) >= 11 is 0. The molecule has 0 saturated carbocycles. The molecule has 2 N–H and O–H groups in total. The van der Waals surface area contributed by atoms with Gasteiger partial charge in [0.15, 0.2) is 0 Å². The molecular formula is C22H19FN4O3. The molecule has 2 aromatic heterocycles. The number of para-hydroxylation sites is 1. The van der Waals surface area contributed by atoms with Crippen molar-refractivity contribution in [3.63, 3.8) is 0 Å². The number of imidazole rings is 1. The summed E-state index contributed by atoms with van der Waals surface area (Å²) < 4.78 is 20.7. The van der Waals surface area contributed by atoms with E-state index in [-0.39, 0.29) is 25.0 Å². The van der Waals surface area contributed by atoms with Gasteiger partial charge in [-0.05, 0) is 42.5 Å². The number of aliphatic hydroxyl groups is 2. The molecule has 0 aliphatic heterocycles. The van der Waals surface area contributed by atoms with Crippen LogP contribution in [-0.4, -0.2) is 42.9 Å². The molecule has 0 spiro atoms. The van der Waals surface area contributed by atoms with Crippen LogP contribution in [-0.2, 0) is 0 Å². The molecule has 0 bridgehead atoms. The molecule has 4 aromatic rings. The van der Waals surface area contributed by atoms with E-state index in [9.17, 15) is 14.6 Å². The Kier molecular flexibility index (Phi) is 5.78. The minimum absolute atomic E-state index is 0.152. The van der Waals surface area contributed by atoms with E-state index >= 15 is 0 Å². The highest BCUT2D eigenvalue weighted by Gasteiger charge is 2.21. The van der Waals surface area contributed by atoms with Gasteiger partial charge in [-0.2, -0.15) is 4.98 Å². The zero-order valence-electron chi connectivity index (χ0n) is 15.9. The highest BCUT2D eigenvalue weighted by molar-refractivity contribution is 5.64. The molecule has 8 heteroatoms. The van der Waals surface area contributed by atoms with Crippen LogP contribution >= 0.6 is 0 Å². The average molecular weight is 406 g/mol. The Morgan fingerprint density at radius 2 is 1.67 bits per heavy atom. The zero-order valence-corrected chi connectivity index (χ0v) is 15.9. The summed E-state index contributed by atoms with van der Waals surface area (Å²) in [6.45, 7) is -0.626. The van der Waals surface area contributed by atoms with Crippen LogP contribution in [0, 0.1) is 5.82 Å². The number of benzene rings is 2. The van der Waals surface area contributed by atoms with Crippen molar-refractivity contribution >= 4 is 0 Å². The van der Waals surface area contributed by atoms with Crippen LogP contribution in [0.5, 0.6) is 11.8 Å². The van der Waals surface area contributed by atoms with Gasteiger partial charge in [0.1, 0.15) is 17.4 Å². The Bertz CT molecular complexity index is 1110. The molecule has 152 valence electrons. The van der Waals surface area contributed by atoms with Crippen molar-refractivity contribution in [3.05, 3.63) is 78.9 Å². The van der Waals surface area contributed by atoms with Gasteiger partial charge in [-0.3, -0.25) is 0 Å². The van der Waals surface area contributed by atoms with Gasteiger partial charge in [0, 0.05) is 11.8 Å². The molecule has 0 amide bonds. The van der Waals surface area contributed by atoms with Crippen LogP contribution in [0.15, 0.2) is 73.1 Å². The first-order chi connectivity index (χ1) is 14.7. The smallest absolute Gasteiger partial charge is 0.322 e. The van der Waals surface area contributed by atoms with E-state index in [0.717, 1.165) is 0 Å². The lowest BCUT2D eigenvalue weighted by molar-refractivity contribution is 0.156. The fraction of sp³-hybridized carbons (Fsp3) is 0.136. The summed E-state index contributed by atoms with van der Waals surface area (Å²) in [6.07, 6.45) is 3.15. The number of aliphatic hydroxyl groups excluding tert-OH is 2. The van der Waals surface area contributed by atoms with E-state index in [1.807, 2.05) is 18.2 Å². The van der Waals surface area contributed by atoms with E-state index in [0.29, 0.717) is 28.5 Å². The molecule has 0 unspecified atom stereocenters. The van der Waals surface area contributed by atoms with Crippen molar-refractivity contribution in [2.45, 2.75) is 6.04 Å². The Labute approximate surface area is 172 Å². The summed E-state index contributed by atoms with van der Waals surface area (Å²) in [5.74, 6) is 0.706. The lowest BCUT2D eigenvalue weighted by atomic mass is 10.2. The molecule has 0 saturated heterocycles. The predicted molar refractivity (Wildman–Crippen MR) is 108 cm³/mol. The quantitative estimate of drug-likeness (QED) is 0.488. The van der Waals surface area contributed by atoms with Crippen LogP contribution in [0.25, 0.3) is 22.8 Å². The lowest BCUT2D eigenvalue weighted by Gasteiger charge is -2.19. The van der Waals surface area contributed by atoms with Gasteiger partial charge in [0.05, 0.1) is 36.8 Å². The van der Waals surface area contributed by atoms with Crippen LogP contribution in [0.4, 0.5) is 4.39 Å². The average Bonchev–Trinajstić information content (AvgIpc) is 3.21. The van der Waals surface area contributed by atoms with Crippen LogP contribution in [0.2, 0.25) is 0 Å². The minimum Gasteiger partial charge on any atom is -0.424 e. The van der Waals surface area contributed by atoms with Crippen molar-refractivity contribution in [1.29, 1.82) is 0 Å². The van der Waals surface area contributed by atoms with Crippen LogP contribution in [0.1, 0.15) is 6.04 Å². The van der Waals surface area contributed by atoms with Gasteiger partial charge in [-0.15, -0.1) is 0 Å². The Balaban J connectivity index is 1.77. The third-order valence-electron chi connectivity index (χ3n) is 4.53. The molecule has 2 aromatic carbocycles. The second-order valence-electron chi connectivity index (χ2n) is 6.50. The van der Waals surface area contributed by atoms with Gasteiger partial charge in [0.2, 0.25) is 0 Å². The fourth-order valence-corrected chi connectivity index (χ4v) is 3.08. The lowest BCUT2D eigenvalue weighted by Crippen LogP contribution is -2.19. The van der Waals surface area contributed by atoms with Crippen molar-refractivity contribution in [3.8, 4) is 34.5 Å². The molecule has 7 nitrogen and oxygen atoms in total. The Morgan fingerprint density at radius 1 is 0.933 bits per heavy atom. The number of halogens is 1. The number of aromatic nitrogens is 4. The van der Waals surface area contributed by atoms with Gasteiger partial charge in [0.25, 0.3) is 0 Å². The summed E-state index contributed by atoms with van der Waals surface area (Å²) in [5, 5.41) is 19.6. The topological polar surface area (TPSA) is 93.3 Å². The largest absolute Gasteiger partial charge is 0.424 e. The molecule has 30 heavy (non-hydrogen) atoms. The summed E-state index contributed by atoms with van der Waals surface area (Å²) in [6, 6.07) is 16.2. The second-order valence-corrected chi connectivity index (χ2v) is 6.50. The number of nitrogens with zero attached hydrogens (tertiary/aromatic N) is 4. The predicted octanol–water partition coefficient (Wildman–Crippen LogP) is 3.46. The summed E-state index contributed by atoms with van der Waals surface area (Å²) in [5.41, 5.74) is 1.70. The van der Waals surface area contributed by atoms with Crippen molar-refractivity contribution < 1.29 is 19.3 Å². The van der Waals surface area contributed by atoms with Gasteiger partial charge >= 0.3 is 6.01 Å². The highest BCUT2D eigenvalue weighted by atomic mass is 19.1. The van der Waals surface area contributed by atoms with E-state index in [4.69, 9.17) is 4.74 Å². The third kappa shape index (κ3) is 4.05. The molecule has 0 aliphatic rings. The molecule has 0 atom stereocenters. The van der Waals surface area contributed by atoms with Crippen LogP contribution in [0.3, 0.4) is 0 Å². The standard InChI is InChI=1S/C22H19FN4O3/c23-16-8-6-15(7-9-16)21-25-12-20(27(21)17(13-28)14-29)19-10-11-24-22(26-19)30-18-4-2-1-3-5-18/h1-12,17,28-29H,13-14H2.